The van der Waals surface area contributed by atoms with Crippen LogP contribution in [0.25, 0.3) is 11.1 Å². The second-order valence-electron chi connectivity index (χ2n) is 5.80. The molecule has 0 bridgehead atoms. The molecule has 26 heavy (non-hydrogen) atoms. The van der Waals surface area contributed by atoms with Crippen LogP contribution in [-0.4, -0.2) is 24.6 Å². The molecule has 0 unspecified atom stereocenters. The van der Waals surface area contributed by atoms with E-state index in [1.807, 2.05) is 57.4 Å². The number of thioether (sulfide) groups is 1. The third-order valence-electron chi connectivity index (χ3n) is 4.24. The van der Waals surface area contributed by atoms with Crippen molar-refractivity contribution < 1.29 is 13.9 Å². The Morgan fingerprint density at radius 1 is 1.19 bits per heavy atom. The van der Waals surface area contributed by atoms with Gasteiger partial charge in [0.05, 0.1) is 5.57 Å². The number of rotatable bonds is 3. The number of ether oxygens (including phenoxy) is 1. The summed E-state index contributed by atoms with van der Waals surface area (Å²) in [4.78, 5) is 12.8. The Morgan fingerprint density at radius 3 is 2.38 bits per heavy atom. The van der Waals surface area contributed by atoms with Gasteiger partial charge in [-0.1, -0.05) is 37.3 Å². The van der Waals surface area contributed by atoms with Crippen LogP contribution >= 0.6 is 24.4 Å². The summed E-state index contributed by atoms with van der Waals surface area (Å²) in [5, 5.41) is 0. The van der Waals surface area contributed by atoms with Gasteiger partial charge in [0, 0.05) is 10.5 Å². The van der Waals surface area contributed by atoms with Gasteiger partial charge in [-0.05, 0) is 54.2 Å². The van der Waals surface area contributed by atoms with E-state index in [0.29, 0.717) is 10.5 Å². The molecular formula is C21H23FO2S2. The topological polar surface area (TPSA) is 26.3 Å². The van der Waals surface area contributed by atoms with Crippen LogP contribution in [0.15, 0.2) is 41.3 Å². The van der Waals surface area contributed by atoms with Gasteiger partial charge in [0.25, 0.3) is 0 Å². The highest BCUT2D eigenvalue weighted by atomic mass is 32.2. The quantitative estimate of drug-likeness (QED) is 0.422. The number of carbonyl (C=O) groups is 1. The summed E-state index contributed by atoms with van der Waals surface area (Å²) in [6.07, 6.45) is 1.86. The number of benzene rings is 2. The van der Waals surface area contributed by atoms with Gasteiger partial charge in [-0.2, -0.15) is 12.6 Å². The van der Waals surface area contributed by atoms with Gasteiger partial charge in [0.1, 0.15) is 12.4 Å². The Labute approximate surface area is 164 Å². The molecule has 3 rings (SSSR count). The SMILES string of the molecule is CCS.CSc1c(F)cc(C2=C(c3ccccc3)C(=O)OC2)c(C)c1C. The molecule has 0 saturated heterocycles. The average molecular weight is 391 g/mol. The minimum atomic E-state index is -0.349. The van der Waals surface area contributed by atoms with Crippen molar-refractivity contribution in [1.29, 1.82) is 0 Å². The van der Waals surface area contributed by atoms with Gasteiger partial charge in [0.2, 0.25) is 0 Å². The summed E-state index contributed by atoms with van der Waals surface area (Å²) in [5.41, 5.74) is 4.74. The third-order valence-corrected chi connectivity index (χ3v) is 5.15. The Morgan fingerprint density at radius 2 is 1.81 bits per heavy atom. The molecule has 5 heteroatoms. The lowest BCUT2D eigenvalue weighted by Crippen LogP contribution is -2.00. The molecule has 2 nitrogen and oxygen atoms in total. The minimum absolute atomic E-state index is 0.182. The largest absolute Gasteiger partial charge is 0.457 e. The fourth-order valence-electron chi connectivity index (χ4n) is 2.93. The molecule has 1 aliphatic heterocycles. The van der Waals surface area contributed by atoms with Crippen molar-refractivity contribution in [2.45, 2.75) is 25.7 Å². The predicted molar refractivity (Wildman–Crippen MR) is 111 cm³/mol. The molecule has 0 amide bonds. The second kappa shape index (κ2) is 9.28. The fourth-order valence-corrected chi connectivity index (χ4v) is 3.64. The standard InChI is InChI=1S/C19H17FO2S.C2H6S/c1-11-12(2)18(23-3)16(20)9-14(11)15-10-22-19(21)17(15)13-7-5-4-6-8-13;1-2-3/h4-9H,10H2,1-3H3;3H,2H2,1H3. The maximum Gasteiger partial charge on any atom is 0.339 e. The molecule has 2 aromatic carbocycles. The molecule has 0 aliphatic carbocycles. The van der Waals surface area contributed by atoms with E-state index in [1.165, 1.54) is 17.8 Å². The maximum atomic E-state index is 14.4. The van der Waals surface area contributed by atoms with Gasteiger partial charge in [-0.15, -0.1) is 11.8 Å². The molecule has 138 valence electrons. The second-order valence-corrected chi connectivity index (χ2v) is 7.25. The summed E-state index contributed by atoms with van der Waals surface area (Å²) >= 11 is 5.18. The lowest BCUT2D eigenvalue weighted by Gasteiger charge is -2.14. The Hall–Kier alpha value is -1.72. The molecular weight excluding hydrogens is 367 g/mol. The van der Waals surface area contributed by atoms with Gasteiger partial charge in [-0.25, -0.2) is 9.18 Å². The number of esters is 1. The van der Waals surface area contributed by atoms with Crippen LogP contribution in [0.1, 0.15) is 29.2 Å². The lowest BCUT2D eigenvalue weighted by atomic mass is 9.92. The number of halogens is 1. The van der Waals surface area contributed by atoms with Crippen molar-refractivity contribution >= 4 is 41.5 Å². The van der Waals surface area contributed by atoms with Gasteiger partial charge < -0.3 is 4.74 Å². The molecule has 0 saturated carbocycles. The number of carbonyl (C=O) groups excluding carboxylic acids is 1. The first-order valence-corrected chi connectivity index (χ1v) is 10.2. The van der Waals surface area contributed by atoms with Crippen LogP contribution in [-0.2, 0) is 9.53 Å². The molecule has 0 aromatic heterocycles. The summed E-state index contributed by atoms with van der Waals surface area (Å²) in [5.74, 6) is 0.340. The average Bonchev–Trinajstić information content (AvgIpc) is 3.01. The first kappa shape index (κ1) is 20.6. The molecule has 0 N–H and O–H groups in total. The number of hydrogen-bond donors (Lipinski definition) is 1. The maximum absolute atomic E-state index is 14.4. The van der Waals surface area contributed by atoms with E-state index in [9.17, 15) is 9.18 Å². The monoisotopic (exact) mass is 390 g/mol. The summed E-state index contributed by atoms with van der Waals surface area (Å²) in [6.45, 7) is 6.04. The normalized spacial score (nSPS) is 13.4. The summed E-state index contributed by atoms with van der Waals surface area (Å²) in [7, 11) is 0. The minimum Gasteiger partial charge on any atom is -0.457 e. The Bertz CT molecular complexity index is 830. The van der Waals surface area contributed by atoms with E-state index < -0.39 is 0 Å². The van der Waals surface area contributed by atoms with Crippen LogP contribution in [0, 0.1) is 19.7 Å². The van der Waals surface area contributed by atoms with E-state index in [2.05, 4.69) is 12.6 Å². The van der Waals surface area contributed by atoms with Gasteiger partial charge in [-0.3, -0.25) is 0 Å². The van der Waals surface area contributed by atoms with Gasteiger partial charge >= 0.3 is 5.97 Å². The zero-order chi connectivity index (χ0) is 19.3. The van der Waals surface area contributed by atoms with E-state index in [1.54, 1.807) is 0 Å². The summed E-state index contributed by atoms with van der Waals surface area (Å²) < 4.78 is 19.6. The van der Waals surface area contributed by atoms with Crippen LogP contribution in [0.3, 0.4) is 0 Å². The molecule has 0 radical (unpaired) electrons. The molecule has 1 heterocycles. The Balaban J connectivity index is 0.000000758. The fraction of sp³-hybridized carbons (Fsp3) is 0.286. The van der Waals surface area contributed by atoms with E-state index in [-0.39, 0.29) is 18.4 Å². The van der Waals surface area contributed by atoms with Gasteiger partial charge in [0.15, 0.2) is 0 Å². The highest BCUT2D eigenvalue weighted by Crippen LogP contribution is 2.37. The highest BCUT2D eigenvalue weighted by Gasteiger charge is 2.29. The lowest BCUT2D eigenvalue weighted by molar-refractivity contribution is -0.133. The summed E-state index contributed by atoms with van der Waals surface area (Å²) in [6, 6.07) is 10.9. The third kappa shape index (κ3) is 4.15. The zero-order valence-corrected chi connectivity index (χ0v) is 17.1. The molecule has 2 aromatic rings. The van der Waals surface area contributed by atoms with E-state index in [0.717, 1.165) is 33.6 Å². The molecule has 1 aliphatic rings. The predicted octanol–water partition coefficient (Wildman–Crippen LogP) is 5.57. The number of cyclic esters (lactones) is 1. The van der Waals surface area contributed by atoms with Crippen LogP contribution in [0.4, 0.5) is 4.39 Å². The first-order valence-electron chi connectivity index (χ1n) is 8.36. The van der Waals surface area contributed by atoms with Crippen LogP contribution in [0.5, 0.6) is 0 Å². The van der Waals surface area contributed by atoms with Crippen LogP contribution < -0.4 is 0 Å². The first-order chi connectivity index (χ1) is 12.5. The molecule has 0 fully saturated rings. The van der Waals surface area contributed by atoms with E-state index in [4.69, 9.17) is 4.74 Å². The zero-order valence-electron chi connectivity index (χ0n) is 15.4. The van der Waals surface area contributed by atoms with Crippen molar-refractivity contribution in [2.24, 2.45) is 0 Å². The number of thiol groups is 1. The highest BCUT2D eigenvalue weighted by molar-refractivity contribution is 7.98. The molecule has 0 spiro atoms. The van der Waals surface area contributed by atoms with Crippen molar-refractivity contribution in [3.63, 3.8) is 0 Å². The van der Waals surface area contributed by atoms with Crippen molar-refractivity contribution in [2.75, 3.05) is 18.6 Å². The van der Waals surface area contributed by atoms with Crippen LogP contribution in [0.2, 0.25) is 0 Å². The smallest absolute Gasteiger partial charge is 0.339 e. The Kier molecular flexibility index (Phi) is 7.35. The van der Waals surface area contributed by atoms with E-state index >= 15 is 0 Å². The van der Waals surface area contributed by atoms with Crippen molar-refractivity contribution in [1.82, 2.24) is 0 Å². The molecule has 0 atom stereocenters. The number of hydrogen-bond acceptors (Lipinski definition) is 4. The van der Waals surface area contributed by atoms with Crippen molar-refractivity contribution in [3.05, 3.63) is 64.5 Å². The van der Waals surface area contributed by atoms with Crippen molar-refractivity contribution in [3.8, 4) is 0 Å².